The lowest BCUT2D eigenvalue weighted by Crippen LogP contribution is -2.33. The first-order chi connectivity index (χ1) is 5.43. The zero-order chi connectivity index (χ0) is 9.72. The molecule has 0 aliphatic heterocycles. The van der Waals surface area contributed by atoms with Gasteiger partial charge < -0.3 is 19.7 Å². The van der Waals surface area contributed by atoms with Gasteiger partial charge in [-0.2, -0.15) is 0 Å². The number of aliphatic hydroxyl groups is 1. The van der Waals surface area contributed by atoms with Crippen LogP contribution in [-0.2, 0) is 14.3 Å². The van der Waals surface area contributed by atoms with E-state index in [0.29, 0.717) is 0 Å². The molecule has 0 saturated heterocycles. The summed E-state index contributed by atoms with van der Waals surface area (Å²) >= 11 is 0. The molecule has 0 aromatic rings. The fourth-order valence-electron chi connectivity index (χ4n) is 0.552. The fourth-order valence-corrected chi connectivity index (χ4v) is 0.552. The molecule has 5 nitrogen and oxygen atoms in total. The summed E-state index contributed by atoms with van der Waals surface area (Å²) in [5, 5.41) is 18.8. The number of hydrogen-bond acceptors (Lipinski definition) is 5. The Labute approximate surface area is 70.0 Å². The predicted molar refractivity (Wildman–Crippen MR) is 36.9 cm³/mol. The first kappa shape index (κ1) is 10.9. The van der Waals surface area contributed by atoms with Gasteiger partial charge in [0.2, 0.25) is 0 Å². The number of hydrogen-bond donors (Lipinski definition) is 1. The van der Waals surface area contributed by atoms with Crippen molar-refractivity contribution >= 4 is 11.9 Å². The largest absolute Gasteiger partial charge is 0.550 e. The zero-order valence-corrected chi connectivity index (χ0v) is 6.94. The normalized spacial score (nSPS) is 12.7. The van der Waals surface area contributed by atoms with Gasteiger partial charge in [0.15, 0.2) is 6.10 Å². The van der Waals surface area contributed by atoms with Gasteiger partial charge in [-0.1, -0.05) is 0 Å². The molecule has 12 heavy (non-hydrogen) atoms. The van der Waals surface area contributed by atoms with E-state index in [1.807, 2.05) is 0 Å². The molecule has 0 aliphatic rings. The highest BCUT2D eigenvalue weighted by Crippen LogP contribution is 1.97. The first-order valence-corrected chi connectivity index (χ1v) is 3.52. The Morgan fingerprint density at radius 1 is 1.50 bits per heavy atom. The summed E-state index contributed by atoms with van der Waals surface area (Å²) in [5.41, 5.74) is 0. The maximum Gasteiger partial charge on any atom is 0.335 e. The van der Waals surface area contributed by atoms with Crippen LogP contribution in [0.2, 0.25) is 0 Å². The van der Waals surface area contributed by atoms with E-state index >= 15 is 0 Å². The molecule has 0 unspecified atom stereocenters. The molecule has 0 spiro atoms. The lowest BCUT2D eigenvalue weighted by Gasteiger charge is -2.12. The van der Waals surface area contributed by atoms with Crippen LogP contribution in [0.15, 0.2) is 0 Å². The highest BCUT2D eigenvalue weighted by molar-refractivity contribution is 5.80. The first-order valence-electron chi connectivity index (χ1n) is 3.52. The Kier molecular flexibility index (Phi) is 4.28. The van der Waals surface area contributed by atoms with Crippen LogP contribution < -0.4 is 5.11 Å². The van der Waals surface area contributed by atoms with Crippen molar-refractivity contribution in [3.8, 4) is 0 Å². The molecule has 0 saturated carbocycles. The van der Waals surface area contributed by atoms with Crippen molar-refractivity contribution in [1.82, 2.24) is 0 Å². The van der Waals surface area contributed by atoms with Gasteiger partial charge in [-0.05, 0) is 13.8 Å². The second-order valence-corrected chi connectivity index (χ2v) is 2.58. The Hall–Kier alpha value is -1.10. The van der Waals surface area contributed by atoms with E-state index in [2.05, 4.69) is 4.74 Å². The van der Waals surface area contributed by atoms with Crippen molar-refractivity contribution < 1.29 is 24.5 Å². The van der Waals surface area contributed by atoms with Gasteiger partial charge in [0.05, 0.1) is 6.10 Å². The van der Waals surface area contributed by atoms with Crippen LogP contribution in [0.1, 0.15) is 20.3 Å². The van der Waals surface area contributed by atoms with Crippen LogP contribution in [-0.4, -0.2) is 29.3 Å². The molecule has 0 aromatic heterocycles. The van der Waals surface area contributed by atoms with E-state index in [1.165, 1.54) is 0 Å². The van der Waals surface area contributed by atoms with Crippen molar-refractivity contribution in [3.05, 3.63) is 0 Å². The second-order valence-electron chi connectivity index (χ2n) is 2.58. The fraction of sp³-hybridized carbons (Fsp3) is 0.714. The Morgan fingerprint density at radius 3 is 2.33 bits per heavy atom. The highest BCUT2D eigenvalue weighted by Gasteiger charge is 2.17. The van der Waals surface area contributed by atoms with Crippen molar-refractivity contribution in [1.29, 1.82) is 0 Å². The maximum absolute atomic E-state index is 10.7. The summed E-state index contributed by atoms with van der Waals surface area (Å²) in [7, 11) is 0. The standard InChI is InChI=1S/C7H12O5/c1-4(2)12-7(11)5(8)3-6(9)10/h4-5,8H,3H2,1-2H3,(H,9,10)/p-1/t5-/m0/s1. The SMILES string of the molecule is CC(C)OC(=O)[C@@H](O)CC(=O)[O-]. The van der Waals surface area contributed by atoms with E-state index in [9.17, 15) is 14.7 Å². The summed E-state index contributed by atoms with van der Waals surface area (Å²) in [6, 6.07) is 0. The quantitative estimate of drug-likeness (QED) is 0.522. The lowest BCUT2D eigenvalue weighted by atomic mass is 10.2. The third-order valence-corrected chi connectivity index (χ3v) is 0.984. The minimum absolute atomic E-state index is 0.367. The predicted octanol–water partition coefficient (Wildman–Crippen LogP) is -1.56. The smallest absolute Gasteiger partial charge is 0.335 e. The van der Waals surface area contributed by atoms with Crippen molar-refractivity contribution in [3.63, 3.8) is 0 Å². The monoisotopic (exact) mass is 175 g/mol. The molecule has 1 N–H and O–H groups in total. The van der Waals surface area contributed by atoms with Gasteiger partial charge in [-0.15, -0.1) is 0 Å². The minimum Gasteiger partial charge on any atom is -0.550 e. The molecule has 0 aromatic carbocycles. The molecule has 5 heteroatoms. The van der Waals surface area contributed by atoms with Gasteiger partial charge in [-0.3, -0.25) is 0 Å². The third kappa shape index (κ3) is 4.68. The van der Waals surface area contributed by atoms with Gasteiger partial charge in [0.25, 0.3) is 0 Å². The number of carbonyl (C=O) groups excluding carboxylic acids is 2. The average Bonchev–Trinajstić information content (AvgIpc) is 1.84. The summed E-state index contributed by atoms with van der Waals surface area (Å²) in [5.74, 6) is -2.42. The van der Waals surface area contributed by atoms with Crippen molar-refractivity contribution in [2.24, 2.45) is 0 Å². The van der Waals surface area contributed by atoms with Crippen LogP contribution in [0.5, 0.6) is 0 Å². The van der Waals surface area contributed by atoms with E-state index in [1.54, 1.807) is 13.8 Å². The van der Waals surface area contributed by atoms with Crippen LogP contribution in [0.25, 0.3) is 0 Å². The number of carboxylic acids is 1. The Bertz CT molecular complexity index is 175. The number of ether oxygens (including phenoxy) is 1. The molecule has 0 amide bonds. The molecule has 0 bridgehead atoms. The number of esters is 1. The number of aliphatic hydroxyl groups excluding tert-OH is 1. The molecule has 0 rings (SSSR count). The Balaban J connectivity index is 3.85. The topological polar surface area (TPSA) is 86.7 Å². The van der Waals surface area contributed by atoms with Gasteiger partial charge in [0, 0.05) is 12.4 Å². The van der Waals surface area contributed by atoms with E-state index < -0.39 is 24.5 Å². The molecular formula is C7H11O5-. The molecule has 0 aliphatic carbocycles. The molecule has 0 radical (unpaired) electrons. The second kappa shape index (κ2) is 4.71. The van der Waals surface area contributed by atoms with Gasteiger partial charge in [0.1, 0.15) is 0 Å². The van der Waals surface area contributed by atoms with E-state index in [0.717, 1.165) is 0 Å². The molecule has 1 atom stereocenters. The van der Waals surface area contributed by atoms with E-state index in [-0.39, 0.29) is 6.10 Å². The van der Waals surface area contributed by atoms with Crippen molar-refractivity contribution in [2.45, 2.75) is 32.5 Å². The highest BCUT2D eigenvalue weighted by atomic mass is 16.6. The van der Waals surface area contributed by atoms with Crippen LogP contribution in [0.4, 0.5) is 0 Å². The summed E-state index contributed by atoms with van der Waals surface area (Å²) in [4.78, 5) is 20.6. The summed E-state index contributed by atoms with van der Waals surface area (Å²) in [6.45, 7) is 3.20. The van der Waals surface area contributed by atoms with Crippen molar-refractivity contribution in [2.75, 3.05) is 0 Å². The number of carboxylic acid groups (broad SMARTS) is 1. The zero-order valence-electron chi connectivity index (χ0n) is 6.94. The van der Waals surface area contributed by atoms with Crippen LogP contribution >= 0.6 is 0 Å². The lowest BCUT2D eigenvalue weighted by molar-refractivity contribution is -0.307. The molecule has 0 fully saturated rings. The molecule has 0 heterocycles. The molecule has 70 valence electrons. The number of aliphatic carboxylic acids is 1. The summed E-state index contributed by atoms with van der Waals surface area (Å²) < 4.78 is 4.53. The Morgan fingerprint density at radius 2 is 2.00 bits per heavy atom. The van der Waals surface area contributed by atoms with E-state index in [4.69, 9.17) is 5.11 Å². The van der Waals surface area contributed by atoms with Crippen LogP contribution in [0, 0.1) is 0 Å². The van der Waals surface area contributed by atoms with Crippen LogP contribution in [0.3, 0.4) is 0 Å². The molecular weight excluding hydrogens is 164 g/mol. The minimum atomic E-state index is -1.63. The number of carbonyl (C=O) groups is 2. The summed E-state index contributed by atoms with van der Waals surface area (Å²) in [6.07, 6.45) is -2.72. The van der Waals surface area contributed by atoms with Gasteiger partial charge >= 0.3 is 5.97 Å². The average molecular weight is 175 g/mol. The maximum atomic E-state index is 10.7. The van der Waals surface area contributed by atoms with Gasteiger partial charge in [-0.25, -0.2) is 4.79 Å². The number of rotatable bonds is 4. The third-order valence-electron chi connectivity index (χ3n) is 0.984.